The summed E-state index contributed by atoms with van der Waals surface area (Å²) in [6.07, 6.45) is 9.64. The number of nitrogens with one attached hydrogen (secondary N) is 1. The molecule has 3 N–H and O–H groups in total. The summed E-state index contributed by atoms with van der Waals surface area (Å²) in [4.78, 5) is 4.20. The van der Waals surface area contributed by atoms with E-state index in [4.69, 9.17) is 5.73 Å². The summed E-state index contributed by atoms with van der Waals surface area (Å²) in [5.41, 5.74) is 6.43. The highest BCUT2D eigenvalue weighted by molar-refractivity contribution is 5.48. The summed E-state index contributed by atoms with van der Waals surface area (Å²) >= 11 is 0. The molecule has 0 saturated carbocycles. The van der Waals surface area contributed by atoms with E-state index in [0.29, 0.717) is 0 Å². The third-order valence-corrected chi connectivity index (χ3v) is 2.62. The molecule has 0 atom stereocenters. The van der Waals surface area contributed by atoms with Crippen LogP contribution in [0.5, 0.6) is 0 Å². The molecule has 1 aromatic rings. The number of pyridine rings is 1. The second-order valence-corrected chi connectivity index (χ2v) is 4.17. The number of nitrogens with zero attached hydrogens (tertiary/aromatic N) is 1. The van der Waals surface area contributed by atoms with E-state index in [1.165, 1.54) is 38.5 Å². The van der Waals surface area contributed by atoms with Crippen molar-refractivity contribution in [1.29, 1.82) is 0 Å². The van der Waals surface area contributed by atoms with Gasteiger partial charge in [0.1, 0.15) is 5.82 Å². The molecule has 0 aliphatic heterocycles. The Morgan fingerprint density at radius 2 is 1.94 bits per heavy atom. The van der Waals surface area contributed by atoms with Crippen LogP contribution in [0.3, 0.4) is 0 Å². The van der Waals surface area contributed by atoms with Crippen molar-refractivity contribution in [1.82, 2.24) is 4.98 Å². The smallest absolute Gasteiger partial charge is 0.127 e. The highest BCUT2D eigenvalue weighted by Crippen LogP contribution is 2.09. The van der Waals surface area contributed by atoms with Gasteiger partial charge in [0.05, 0.1) is 0 Å². The normalized spacial score (nSPS) is 10.3. The van der Waals surface area contributed by atoms with E-state index in [2.05, 4.69) is 17.2 Å². The maximum atomic E-state index is 5.66. The van der Waals surface area contributed by atoms with Gasteiger partial charge in [-0.3, -0.25) is 0 Å². The van der Waals surface area contributed by atoms with Gasteiger partial charge in [-0.15, -0.1) is 0 Å². The molecule has 16 heavy (non-hydrogen) atoms. The molecule has 90 valence electrons. The molecule has 0 bridgehead atoms. The minimum atomic E-state index is 0.764. The highest BCUT2D eigenvalue weighted by atomic mass is 15.0. The summed E-state index contributed by atoms with van der Waals surface area (Å²) in [5, 5.41) is 3.29. The lowest BCUT2D eigenvalue weighted by molar-refractivity contribution is 0.617. The molecule has 0 amide bonds. The second-order valence-electron chi connectivity index (χ2n) is 4.17. The zero-order valence-corrected chi connectivity index (χ0v) is 10.2. The third kappa shape index (κ3) is 5.59. The Morgan fingerprint density at radius 1 is 1.19 bits per heavy atom. The fourth-order valence-electron chi connectivity index (χ4n) is 1.67. The van der Waals surface area contributed by atoms with E-state index in [0.717, 1.165) is 18.1 Å². The van der Waals surface area contributed by atoms with Crippen LogP contribution in [-0.2, 0) is 0 Å². The first-order valence-electron chi connectivity index (χ1n) is 6.28. The summed E-state index contributed by atoms with van der Waals surface area (Å²) in [6.45, 7) is 3.23. The van der Waals surface area contributed by atoms with E-state index in [1.807, 2.05) is 6.07 Å². The average Bonchev–Trinajstić information content (AvgIpc) is 2.28. The number of unbranched alkanes of at least 4 members (excludes halogenated alkanes) is 5. The van der Waals surface area contributed by atoms with Gasteiger partial charge in [0, 0.05) is 24.5 Å². The van der Waals surface area contributed by atoms with Crippen molar-refractivity contribution < 1.29 is 0 Å². The van der Waals surface area contributed by atoms with Gasteiger partial charge in [-0.2, -0.15) is 0 Å². The molecular weight excluding hydrogens is 198 g/mol. The Morgan fingerprint density at radius 3 is 2.69 bits per heavy atom. The maximum absolute atomic E-state index is 5.66. The minimum absolute atomic E-state index is 0.764. The standard InChI is InChI=1S/C13H23N3/c1-2-3-4-5-6-7-9-15-13-11-12(14)8-10-16-13/h8,10-11H,2-7,9H2,1H3,(H3,14,15,16). The Kier molecular flexibility index (Phi) is 6.38. The Balaban J connectivity index is 2.03. The first-order chi connectivity index (χ1) is 7.83. The van der Waals surface area contributed by atoms with Crippen molar-refractivity contribution in [3.05, 3.63) is 18.3 Å². The van der Waals surface area contributed by atoms with Gasteiger partial charge < -0.3 is 11.1 Å². The van der Waals surface area contributed by atoms with Gasteiger partial charge in [-0.25, -0.2) is 4.98 Å². The van der Waals surface area contributed by atoms with Crippen LogP contribution < -0.4 is 11.1 Å². The lowest BCUT2D eigenvalue weighted by Gasteiger charge is -2.05. The van der Waals surface area contributed by atoms with Crippen molar-refractivity contribution in [2.24, 2.45) is 0 Å². The minimum Gasteiger partial charge on any atom is -0.399 e. The van der Waals surface area contributed by atoms with Gasteiger partial charge in [-0.05, 0) is 12.5 Å². The van der Waals surface area contributed by atoms with E-state index in [1.54, 1.807) is 12.3 Å². The molecule has 0 unspecified atom stereocenters. The number of aromatic nitrogens is 1. The molecular formula is C13H23N3. The predicted octanol–water partition coefficient (Wildman–Crippen LogP) is 3.44. The van der Waals surface area contributed by atoms with Crippen LogP contribution in [0.15, 0.2) is 18.3 Å². The molecule has 3 nitrogen and oxygen atoms in total. The topological polar surface area (TPSA) is 50.9 Å². The van der Waals surface area contributed by atoms with Crippen molar-refractivity contribution in [3.8, 4) is 0 Å². The lowest BCUT2D eigenvalue weighted by Crippen LogP contribution is -2.03. The molecule has 1 heterocycles. The van der Waals surface area contributed by atoms with Crippen LogP contribution in [0.2, 0.25) is 0 Å². The monoisotopic (exact) mass is 221 g/mol. The van der Waals surface area contributed by atoms with Crippen molar-refractivity contribution in [3.63, 3.8) is 0 Å². The third-order valence-electron chi connectivity index (χ3n) is 2.62. The zero-order chi connectivity index (χ0) is 11.6. The molecule has 0 aromatic carbocycles. The predicted molar refractivity (Wildman–Crippen MR) is 70.5 cm³/mol. The van der Waals surface area contributed by atoms with Crippen LogP contribution in [0.1, 0.15) is 45.4 Å². The number of hydrogen-bond donors (Lipinski definition) is 2. The van der Waals surface area contributed by atoms with Gasteiger partial charge in [0.2, 0.25) is 0 Å². The summed E-state index contributed by atoms with van der Waals surface area (Å²) in [6, 6.07) is 3.67. The van der Waals surface area contributed by atoms with Crippen molar-refractivity contribution >= 4 is 11.5 Å². The van der Waals surface area contributed by atoms with Crippen LogP contribution in [-0.4, -0.2) is 11.5 Å². The molecule has 0 aliphatic rings. The quantitative estimate of drug-likeness (QED) is 0.661. The van der Waals surface area contributed by atoms with Crippen molar-refractivity contribution in [2.75, 3.05) is 17.6 Å². The fraction of sp³-hybridized carbons (Fsp3) is 0.615. The number of rotatable bonds is 8. The maximum Gasteiger partial charge on any atom is 0.127 e. The number of nitrogens with two attached hydrogens (primary N) is 1. The van der Waals surface area contributed by atoms with E-state index < -0.39 is 0 Å². The number of anilines is 2. The van der Waals surface area contributed by atoms with Crippen LogP contribution in [0.4, 0.5) is 11.5 Å². The lowest BCUT2D eigenvalue weighted by atomic mass is 10.1. The SMILES string of the molecule is CCCCCCCCNc1cc(N)ccn1. The summed E-state index contributed by atoms with van der Waals surface area (Å²) in [7, 11) is 0. The zero-order valence-electron chi connectivity index (χ0n) is 10.2. The van der Waals surface area contributed by atoms with Crippen LogP contribution >= 0.6 is 0 Å². The van der Waals surface area contributed by atoms with Crippen LogP contribution in [0.25, 0.3) is 0 Å². The Hall–Kier alpha value is -1.25. The molecule has 3 heteroatoms. The largest absolute Gasteiger partial charge is 0.399 e. The summed E-state index contributed by atoms with van der Waals surface area (Å²) < 4.78 is 0. The highest BCUT2D eigenvalue weighted by Gasteiger charge is 1.94. The van der Waals surface area contributed by atoms with Gasteiger partial charge in [0.25, 0.3) is 0 Å². The van der Waals surface area contributed by atoms with Crippen LogP contribution in [0, 0.1) is 0 Å². The van der Waals surface area contributed by atoms with E-state index in [9.17, 15) is 0 Å². The second kappa shape index (κ2) is 7.97. The molecule has 0 fully saturated rings. The number of nitrogen functional groups attached to an aromatic ring is 1. The number of hydrogen-bond acceptors (Lipinski definition) is 3. The molecule has 0 aliphatic carbocycles. The molecule has 0 saturated heterocycles. The van der Waals surface area contributed by atoms with Crippen molar-refractivity contribution in [2.45, 2.75) is 45.4 Å². The molecule has 1 rings (SSSR count). The molecule has 1 aromatic heterocycles. The van der Waals surface area contributed by atoms with E-state index >= 15 is 0 Å². The Labute approximate surface area is 98.5 Å². The summed E-state index contributed by atoms with van der Waals surface area (Å²) in [5.74, 6) is 0.883. The van der Waals surface area contributed by atoms with Gasteiger partial charge in [0.15, 0.2) is 0 Å². The Bertz CT molecular complexity index is 286. The molecule has 0 spiro atoms. The first-order valence-corrected chi connectivity index (χ1v) is 6.28. The fourth-order valence-corrected chi connectivity index (χ4v) is 1.67. The van der Waals surface area contributed by atoms with E-state index in [-0.39, 0.29) is 0 Å². The first kappa shape index (κ1) is 12.8. The van der Waals surface area contributed by atoms with Gasteiger partial charge >= 0.3 is 0 Å². The van der Waals surface area contributed by atoms with Gasteiger partial charge in [-0.1, -0.05) is 39.0 Å². The molecule has 0 radical (unpaired) electrons. The average molecular weight is 221 g/mol.